The molecule has 1 aliphatic heterocycles. The van der Waals surface area contributed by atoms with Gasteiger partial charge >= 0.3 is 0 Å². The zero-order valence-corrected chi connectivity index (χ0v) is 13.5. The molecule has 5 heteroatoms. The van der Waals surface area contributed by atoms with Crippen molar-refractivity contribution in [3.63, 3.8) is 0 Å². The van der Waals surface area contributed by atoms with Gasteiger partial charge in [0.25, 0.3) is 0 Å². The second kappa shape index (κ2) is 5.39. The largest absolute Gasteiger partial charge is 0.340 e. The summed E-state index contributed by atoms with van der Waals surface area (Å²) in [4.78, 5) is 19.2. The molecular weight excluding hydrogens is 276 g/mol. The summed E-state index contributed by atoms with van der Waals surface area (Å²) < 4.78 is 2.00. The number of nitrogens with two attached hydrogens (primary N) is 1. The van der Waals surface area contributed by atoms with Crippen molar-refractivity contribution in [3.05, 3.63) is 30.1 Å². The van der Waals surface area contributed by atoms with Crippen LogP contribution in [0.4, 0.5) is 0 Å². The van der Waals surface area contributed by atoms with Crippen molar-refractivity contribution in [2.45, 2.75) is 39.8 Å². The van der Waals surface area contributed by atoms with Gasteiger partial charge in [-0.1, -0.05) is 26.0 Å². The lowest BCUT2D eigenvalue weighted by molar-refractivity contribution is -0.135. The van der Waals surface area contributed by atoms with E-state index in [1.54, 1.807) is 0 Å². The third kappa shape index (κ3) is 2.61. The zero-order valence-electron chi connectivity index (χ0n) is 13.5. The zero-order chi connectivity index (χ0) is 15.9. The van der Waals surface area contributed by atoms with E-state index in [1.165, 1.54) is 0 Å². The molecule has 1 fully saturated rings. The Bertz CT molecular complexity index is 704. The summed E-state index contributed by atoms with van der Waals surface area (Å²) in [7, 11) is 0. The van der Waals surface area contributed by atoms with Gasteiger partial charge in [-0.2, -0.15) is 0 Å². The van der Waals surface area contributed by atoms with Gasteiger partial charge in [-0.15, -0.1) is 0 Å². The van der Waals surface area contributed by atoms with Crippen molar-refractivity contribution >= 4 is 16.9 Å². The molecule has 1 saturated heterocycles. The summed E-state index contributed by atoms with van der Waals surface area (Å²) in [5, 5.41) is 0. The molecule has 3 rings (SSSR count). The maximum Gasteiger partial charge on any atom is 0.242 e. The van der Waals surface area contributed by atoms with Gasteiger partial charge in [0.15, 0.2) is 0 Å². The molecule has 1 aromatic heterocycles. The van der Waals surface area contributed by atoms with E-state index in [0.29, 0.717) is 6.54 Å². The number of aromatic nitrogens is 2. The first-order valence-electron chi connectivity index (χ1n) is 7.84. The SMILES string of the molecule is Cc1nc2ccccc2n1CC(=O)N1CCC(N)C(C)(C)C1. The van der Waals surface area contributed by atoms with E-state index in [9.17, 15) is 4.79 Å². The molecule has 0 bridgehead atoms. The van der Waals surface area contributed by atoms with Gasteiger partial charge in [-0.05, 0) is 30.9 Å². The summed E-state index contributed by atoms with van der Waals surface area (Å²) in [5.41, 5.74) is 8.08. The van der Waals surface area contributed by atoms with Crippen LogP contribution in [0.5, 0.6) is 0 Å². The van der Waals surface area contributed by atoms with Crippen LogP contribution in [0.3, 0.4) is 0 Å². The van der Waals surface area contributed by atoms with E-state index >= 15 is 0 Å². The number of hydrogen-bond donors (Lipinski definition) is 1. The summed E-state index contributed by atoms with van der Waals surface area (Å²) >= 11 is 0. The topological polar surface area (TPSA) is 64.2 Å². The minimum Gasteiger partial charge on any atom is -0.340 e. The van der Waals surface area contributed by atoms with Crippen molar-refractivity contribution in [1.82, 2.24) is 14.5 Å². The maximum absolute atomic E-state index is 12.7. The molecule has 1 atom stereocenters. The average molecular weight is 300 g/mol. The van der Waals surface area contributed by atoms with E-state index < -0.39 is 0 Å². The van der Waals surface area contributed by atoms with Crippen molar-refractivity contribution in [2.75, 3.05) is 13.1 Å². The molecule has 1 aromatic carbocycles. The molecule has 1 aliphatic rings. The first kappa shape index (κ1) is 15.0. The normalized spacial score (nSPS) is 21.3. The summed E-state index contributed by atoms with van der Waals surface area (Å²) in [6.07, 6.45) is 0.863. The highest BCUT2D eigenvalue weighted by Crippen LogP contribution is 2.28. The van der Waals surface area contributed by atoms with Gasteiger partial charge in [0, 0.05) is 19.1 Å². The number of hydrogen-bond acceptors (Lipinski definition) is 3. The number of nitrogens with zero attached hydrogens (tertiary/aromatic N) is 3. The van der Waals surface area contributed by atoms with Crippen molar-refractivity contribution in [2.24, 2.45) is 11.1 Å². The number of imidazole rings is 1. The average Bonchev–Trinajstić information content (AvgIpc) is 2.78. The smallest absolute Gasteiger partial charge is 0.242 e. The van der Waals surface area contributed by atoms with Gasteiger partial charge in [0.2, 0.25) is 5.91 Å². The molecule has 1 unspecified atom stereocenters. The second-order valence-corrected chi connectivity index (χ2v) is 6.93. The molecule has 0 saturated carbocycles. The summed E-state index contributed by atoms with van der Waals surface area (Å²) in [5.74, 6) is 1.02. The lowest BCUT2D eigenvalue weighted by Gasteiger charge is -2.42. The van der Waals surface area contributed by atoms with E-state index in [1.807, 2.05) is 40.7 Å². The van der Waals surface area contributed by atoms with E-state index in [-0.39, 0.29) is 17.4 Å². The minimum absolute atomic E-state index is 0.0278. The monoisotopic (exact) mass is 300 g/mol. The van der Waals surface area contributed by atoms with E-state index in [2.05, 4.69) is 18.8 Å². The number of aryl methyl sites for hydroxylation is 1. The molecule has 1 amide bonds. The molecule has 5 nitrogen and oxygen atoms in total. The van der Waals surface area contributed by atoms with Gasteiger partial charge < -0.3 is 15.2 Å². The summed E-state index contributed by atoms with van der Waals surface area (Å²) in [6.45, 7) is 8.03. The molecule has 0 spiro atoms. The molecule has 22 heavy (non-hydrogen) atoms. The Labute approximate surface area is 131 Å². The fourth-order valence-electron chi connectivity index (χ4n) is 3.22. The first-order chi connectivity index (χ1) is 10.4. The molecule has 0 radical (unpaired) electrons. The Balaban J connectivity index is 1.80. The predicted octanol–water partition coefficient (Wildman–Crippen LogP) is 1.93. The highest BCUT2D eigenvalue weighted by Gasteiger charge is 2.35. The van der Waals surface area contributed by atoms with Crippen LogP contribution in [0.25, 0.3) is 11.0 Å². The highest BCUT2D eigenvalue weighted by molar-refractivity contribution is 5.81. The second-order valence-electron chi connectivity index (χ2n) is 6.93. The van der Waals surface area contributed by atoms with Crippen molar-refractivity contribution < 1.29 is 4.79 Å². The fraction of sp³-hybridized carbons (Fsp3) is 0.529. The number of benzene rings is 1. The number of fused-ring (bicyclic) bond motifs is 1. The minimum atomic E-state index is -0.0278. The van der Waals surface area contributed by atoms with E-state index in [0.717, 1.165) is 36.4 Å². The maximum atomic E-state index is 12.7. The van der Waals surface area contributed by atoms with Crippen molar-refractivity contribution in [3.8, 4) is 0 Å². The number of likely N-dealkylation sites (tertiary alicyclic amines) is 1. The van der Waals surface area contributed by atoms with Crippen LogP contribution in [0.1, 0.15) is 26.1 Å². The Morgan fingerprint density at radius 1 is 1.41 bits per heavy atom. The lowest BCUT2D eigenvalue weighted by Crippen LogP contribution is -2.54. The van der Waals surface area contributed by atoms with Crippen molar-refractivity contribution in [1.29, 1.82) is 0 Å². The predicted molar refractivity (Wildman–Crippen MR) is 87.4 cm³/mol. The van der Waals surface area contributed by atoms with Gasteiger partial charge in [-0.3, -0.25) is 4.79 Å². The Morgan fingerprint density at radius 2 is 2.14 bits per heavy atom. The van der Waals surface area contributed by atoms with Crippen LogP contribution in [0, 0.1) is 12.3 Å². The molecular formula is C17H24N4O. The molecule has 2 N–H and O–H groups in total. The first-order valence-corrected chi connectivity index (χ1v) is 7.84. The van der Waals surface area contributed by atoms with Crippen LogP contribution < -0.4 is 5.73 Å². The molecule has 2 heterocycles. The quantitative estimate of drug-likeness (QED) is 0.921. The third-order valence-corrected chi connectivity index (χ3v) is 4.80. The van der Waals surface area contributed by atoms with Gasteiger partial charge in [0.05, 0.1) is 11.0 Å². The van der Waals surface area contributed by atoms with Crippen LogP contribution in [0.2, 0.25) is 0 Å². The number of amides is 1. The molecule has 0 aliphatic carbocycles. The van der Waals surface area contributed by atoms with Crippen LogP contribution in [-0.2, 0) is 11.3 Å². The number of carbonyl (C=O) groups is 1. The van der Waals surface area contributed by atoms with Crippen LogP contribution >= 0.6 is 0 Å². The fourth-order valence-corrected chi connectivity index (χ4v) is 3.22. The van der Waals surface area contributed by atoms with Gasteiger partial charge in [-0.25, -0.2) is 4.98 Å². The number of piperidine rings is 1. The molecule has 2 aromatic rings. The van der Waals surface area contributed by atoms with Gasteiger partial charge in [0.1, 0.15) is 12.4 Å². The van der Waals surface area contributed by atoms with E-state index in [4.69, 9.17) is 5.73 Å². The number of carbonyl (C=O) groups excluding carboxylic acids is 1. The number of rotatable bonds is 2. The Hall–Kier alpha value is -1.88. The Morgan fingerprint density at radius 3 is 2.86 bits per heavy atom. The lowest BCUT2D eigenvalue weighted by atomic mass is 9.79. The van der Waals surface area contributed by atoms with Crippen LogP contribution in [-0.4, -0.2) is 39.5 Å². The Kier molecular flexibility index (Phi) is 3.68. The molecule has 118 valence electrons. The highest BCUT2D eigenvalue weighted by atomic mass is 16.2. The standard InChI is InChI=1S/C17H24N4O/c1-12-19-13-6-4-5-7-14(13)21(12)10-16(22)20-9-8-15(18)17(2,3)11-20/h4-7,15H,8-11,18H2,1-3H3. The summed E-state index contributed by atoms with van der Waals surface area (Å²) in [6, 6.07) is 8.10. The third-order valence-electron chi connectivity index (χ3n) is 4.80. The number of para-hydroxylation sites is 2. The van der Waals surface area contributed by atoms with Crippen LogP contribution in [0.15, 0.2) is 24.3 Å².